The van der Waals surface area contributed by atoms with Gasteiger partial charge < -0.3 is 20.1 Å². The molecule has 24 heavy (non-hydrogen) atoms. The molecule has 0 aliphatic heterocycles. The fourth-order valence-corrected chi connectivity index (χ4v) is 2.61. The van der Waals surface area contributed by atoms with Gasteiger partial charge in [0, 0.05) is 19.1 Å². The van der Waals surface area contributed by atoms with Gasteiger partial charge in [0.1, 0.15) is 11.5 Å². The van der Waals surface area contributed by atoms with Crippen molar-refractivity contribution >= 4 is 29.9 Å². The Hall–Kier alpha value is -1.44. The maximum atomic E-state index is 5.41. The van der Waals surface area contributed by atoms with Crippen LogP contribution in [0.2, 0.25) is 0 Å². The number of hydrogen-bond acceptors (Lipinski definition) is 3. The predicted molar refractivity (Wildman–Crippen MR) is 110 cm³/mol. The van der Waals surface area contributed by atoms with E-state index in [0.717, 1.165) is 48.8 Å². The van der Waals surface area contributed by atoms with Crippen molar-refractivity contribution in [3.8, 4) is 11.5 Å². The van der Waals surface area contributed by atoms with E-state index in [4.69, 9.17) is 9.47 Å². The highest BCUT2D eigenvalue weighted by atomic mass is 127. The van der Waals surface area contributed by atoms with E-state index in [2.05, 4.69) is 34.7 Å². The van der Waals surface area contributed by atoms with Crippen molar-refractivity contribution < 1.29 is 9.47 Å². The highest BCUT2D eigenvalue weighted by Gasteiger charge is 2.11. The number of nitrogens with one attached hydrogen (secondary N) is 2. The molecule has 0 heterocycles. The van der Waals surface area contributed by atoms with Crippen LogP contribution >= 0.6 is 24.0 Å². The van der Waals surface area contributed by atoms with Crippen molar-refractivity contribution in [2.45, 2.75) is 32.2 Å². The highest BCUT2D eigenvalue weighted by Crippen LogP contribution is 2.24. The molecule has 0 saturated carbocycles. The van der Waals surface area contributed by atoms with E-state index in [1.54, 1.807) is 14.2 Å². The lowest BCUT2D eigenvalue weighted by atomic mass is 10.1. The standard InChI is InChI=1S/C18H27N3O2.HI/c1-4-19-18(21-15-7-5-6-8-15)20-12-11-14-13-16(22-2)9-10-17(14)23-3;/h5-6,9-10,13,15H,4,7-8,11-12H2,1-3H3,(H2,19,20,21);1H. The summed E-state index contributed by atoms with van der Waals surface area (Å²) in [4.78, 5) is 4.67. The van der Waals surface area contributed by atoms with E-state index in [1.807, 2.05) is 18.2 Å². The molecule has 0 bridgehead atoms. The van der Waals surface area contributed by atoms with Gasteiger partial charge in [-0.25, -0.2) is 0 Å². The van der Waals surface area contributed by atoms with Crippen LogP contribution < -0.4 is 20.1 Å². The lowest BCUT2D eigenvalue weighted by molar-refractivity contribution is 0.399. The number of rotatable bonds is 7. The van der Waals surface area contributed by atoms with Crippen LogP contribution in [0.4, 0.5) is 0 Å². The number of methoxy groups -OCH3 is 2. The quantitative estimate of drug-likeness (QED) is 0.293. The molecule has 1 aromatic rings. The van der Waals surface area contributed by atoms with Gasteiger partial charge in [-0.3, -0.25) is 4.99 Å². The minimum absolute atomic E-state index is 0. The first-order chi connectivity index (χ1) is 11.3. The Bertz CT molecular complexity index is 553. The molecule has 0 atom stereocenters. The molecule has 0 spiro atoms. The maximum Gasteiger partial charge on any atom is 0.191 e. The van der Waals surface area contributed by atoms with Crippen LogP contribution in [0.25, 0.3) is 0 Å². The van der Waals surface area contributed by atoms with Crippen LogP contribution in [0.15, 0.2) is 35.3 Å². The molecule has 2 N–H and O–H groups in total. The average Bonchev–Trinajstić information content (AvgIpc) is 3.08. The summed E-state index contributed by atoms with van der Waals surface area (Å²) in [6.45, 7) is 3.63. The highest BCUT2D eigenvalue weighted by molar-refractivity contribution is 14.0. The molecular weight excluding hydrogens is 417 g/mol. The molecule has 0 fully saturated rings. The molecule has 1 aliphatic carbocycles. The Kier molecular flexibility index (Phi) is 9.59. The molecule has 0 saturated heterocycles. The molecule has 0 amide bonds. The average molecular weight is 445 g/mol. The van der Waals surface area contributed by atoms with Crippen molar-refractivity contribution in [2.24, 2.45) is 4.99 Å². The normalized spacial score (nSPS) is 14.2. The van der Waals surface area contributed by atoms with Gasteiger partial charge in [-0.05, 0) is 49.9 Å². The van der Waals surface area contributed by atoms with Crippen molar-refractivity contribution in [1.29, 1.82) is 0 Å². The molecule has 134 valence electrons. The van der Waals surface area contributed by atoms with Gasteiger partial charge in [0.25, 0.3) is 0 Å². The number of benzene rings is 1. The monoisotopic (exact) mass is 445 g/mol. The van der Waals surface area contributed by atoms with Gasteiger partial charge in [-0.1, -0.05) is 12.2 Å². The number of halogens is 1. The largest absolute Gasteiger partial charge is 0.497 e. The summed E-state index contributed by atoms with van der Waals surface area (Å²) in [7, 11) is 3.36. The summed E-state index contributed by atoms with van der Waals surface area (Å²) in [6, 6.07) is 6.31. The fraction of sp³-hybridized carbons (Fsp3) is 0.500. The van der Waals surface area contributed by atoms with Crippen LogP contribution in [0, 0.1) is 0 Å². The predicted octanol–water partition coefficient (Wildman–Crippen LogP) is 3.14. The number of nitrogens with zero attached hydrogens (tertiary/aromatic N) is 1. The minimum atomic E-state index is 0. The molecule has 1 aliphatic rings. The molecule has 5 nitrogen and oxygen atoms in total. The molecule has 0 radical (unpaired) electrons. The molecule has 2 rings (SSSR count). The number of ether oxygens (including phenoxy) is 2. The Morgan fingerprint density at radius 2 is 1.96 bits per heavy atom. The summed E-state index contributed by atoms with van der Waals surface area (Å²) < 4.78 is 10.7. The van der Waals surface area contributed by atoms with Gasteiger partial charge >= 0.3 is 0 Å². The Labute approximate surface area is 161 Å². The van der Waals surface area contributed by atoms with Crippen LogP contribution in [-0.4, -0.2) is 39.3 Å². The third-order valence-electron chi connectivity index (χ3n) is 3.83. The smallest absolute Gasteiger partial charge is 0.191 e. The van der Waals surface area contributed by atoms with Gasteiger partial charge in [0.05, 0.1) is 14.2 Å². The van der Waals surface area contributed by atoms with E-state index < -0.39 is 0 Å². The van der Waals surface area contributed by atoms with Crippen LogP contribution in [-0.2, 0) is 6.42 Å². The van der Waals surface area contributed by atoms with Crippen LogP contribution in [0.3, 0.4) is 0 Å². The third kappa shape index (κ3) is 6.22. The van der Waals surface area contributed by atoms with Gasteiger partial charge in [0.2, 0.25) is 0 Å². The zero-order valence-corrected chi connectivity index (χ0v) is 17.0. The van der Waals surface area contributed by atoms with Gasteiger partial charge in [0.15, 0.2) is 5.96 Å². The second-order valence-corrected chi connectivity index (χ2v) is 5.47. The minimum Gasteiger partial charge on any atom is -0.497 e. The van der Waals surface area contributed by atoms with Crippen molar-refractivity contribution in [2.75, 3.05) is 27.3 Å². The Morgan fingerprint density at radius 1 is 1.21 bits per heavy atom. The Morgan fingerprint density at radius 3 is 2.58 bits per heavy atom. The topological polar surface area (TPSA) is 54.9 Å². The maximum absolute atomic E-state index is 5.41. The van der Waals surface area contributed by atoms with Crippen molar-refractivity contribution in [1.82, 2.24) is 10.6 Å². The van der Waals surface area contributed by atoms with E-state index in [-0.39, 0.29) is 24.0 Å². The Balaban J connectivity index is 0.00000288. The molecule has 0 aromatic heterocycles. The van der Waals surface area contributed by atoms with Gasteiger partial charge in [-0.2, -0.15) is 0 Å². The molecule has 6 heteroatoms. The van der Waals surface area contributed by atoms with Crippen molar-refractivity contribution in [3.05, 3.63) is 35.9 Å². The molecule has 1 aromatic carbocycles. The van der Waals surface area contributed by atoms with Gasteiger partial charge in [-0.15, -0.1) is 24.0 Å². The second-order valence-electron chi connectivity index (χ2n) is 5.47. The summed E-state index contributed by atoms with van der Waals surface area (Å²) in [6.07, 6.45) is 7.35. The first kappa shape index (κ1) is 20.6. The van der Waals surface area contributed by atoms with Crippen LogP contribution in [0.1, 0.15) is 25.3 Å². The zero-order valence-electron chi connectivity index (χ0n) is 14.7. The lowest BCUT2D eigenvalue weighted by Gasteiger charge is -2.17. The van der Waals surface area contributed by atoms with E-state index in [1.165, 1.54) is 0 Å². The number of guanidine groups is 1. The fourth-order valence-electron chi connectivity index (χ4n) is 2.61. The van der Waals surface area contributed by atoms with E-state index in [0.29, 0.717) is 12.6 Å². The molecule has 0 unspecified atom stereocenters. The first-order valence-electron chi connectivity index (χ1n) is 8.17. The van der Waals surface area contributed by atoms with Crippen molar-refractivity contribution in [3.63, 3.8) is 0 Å². The van der Waals surface area contributed by atoms with E-state index >= 15 is 0 Å². The summed E-state index contributed by atoms with van der Waals surface area (Å²) >= 11 is 0. The summed E-state index contributed by atoms with van der Waals surface area (Å²) in [5.74, 6) is 2.59. The zero-order chi connectivity index (χ0) is 16.5. The first-order valence-corrected chi connectivity index (χ1v) is 8.17. The lowest BCUT2D eigenvalue weighted by Crippen LogP contribution is -2.42. The van der Waals surface area contributed by atoms with Crippen LogP contribution in [0.5, 0.6) is 11.5 Å². The number of hydrogen-bond donors (Lipinski definition) is 2. The van der Waals surface area contributed by atoms with E-state index in [9.17, 15) is 0 Å². The SMILES string of the molecule is CCNC(=NCCc1cc(OC)ccc1OC)NC1CC=CC1.I. The summed E-state index contributed by atoms with van der Waals surface area (Å²) in [5, 5.41) is 6.78. The third-order valence-corrected chi connectivity index (χ3v) is 3.83. The number of aliphatic imine (C=N–C) groups is 1. The second kappa shape index (κ2) is 11.2. The molecular formula is C18H28IN3O2. The summed E-state index contributed by atoms with van der Waals surface area (Å²) in [5.41, 5.74) is 1.11.